The highest BCUT2D eigenvalue weighted by Crippen LogP contribution is 2.33. The van der Waals surface area contributed by atoms with Gasteiger partial charge in [-0.25, -0.2) is 4.39 Å². The van der Waals surface area contributed by atoms with Crippen LogP contribution >= 0.6 is 23.3 Å². The number of hydrogen-bond donors (Lipinski definition) is 2. The number of hydrogen-bond acceptors (Lipinski definition) is 5. The first-order valence-electron chi connectivity index (χ1n) is 6.68. The average Bonchev–Trinajstić information content (AvgIpc) is 3.16. The van der Waals surface area contributed by atoms with Gasteiger partial charge in [0, 0.05) is 12.5 Å². The molecular formula is C15H14FN3O2S2. The van der Waals surface area contributed by atoms with Gasteiger partial charge in [-0.15, -0.1) is 11.3 Å². The number of nitrogens with one attached hydrogen (secondary N) is 1. The number of anilines is 1. The molecule has 1 amide bonds. The van der Waals surface area contributed by atoms with Crippen molar-refractivity contribution in [1.82, 2.24) is 4.57 Å². The van der Waals surface area contributed by atoms with Gasteiger partial charge in [-0.2, -0.15) is 0 Å². The Balaban J connectivity index is 2.09. The Kier molecular flexibility index (Phi) is 4.56. The number of thiophene rings is 1. The largest absolute Gasteiger partial charge is 0.364 e. The summed E-state index contributed by atoms with van der Waals surface area (Å²) in [5.74, 6) is -1.04. The van der Waals surface area contributed by atoms with E-state index >= 15 is 0 Å². The third-order valence-corrected chi connectivity index (χ3v) is 5.13. The quantitative estimate of drug-likeness (QED) is 0.665. The van der Waals surface area contributed by atoms with Crippen molar-refractivity contribution in [3.05, 3.63) is 47.2 Å². The van der Waals surface area contributed by atoms with Crippen molar-refractivity contribution in [2.45, 2.75) is 10.9 Å². The van der Waals surface area contributed by atoms with E-state index in [1.165, 1.54) is 31.2 Å². The van der Waals surface area contributed by atoms with E-state index in [9.17, 15) is 9.18 Å². The second-order valence-electron chi connectivity index (χ2n) is 4.73. The average molecular weight is 351 g/mol. The third-order valence-electron chi connectivity index (χ3n) is 3.27. The minimum absolute atomic E-state index is 0.101. The zero-order chi connectivity index (χ0) is 16.4. The molecule has 5 nitrogen and oxygen atoms in total. The van der Waals surface area contributed by atoms with Crippen molar-refractivity contribution in [3.63, 3.8) is 0 Å². The van der Waals surface area contributed by atoms with Crippen LogP contribution in [0.4, 0.5) is 10.1 Å². The molecule has 0 fully saturated rings. The molecule has 0 spiro atoms. The Morgan fingerprint density at radius 3 is 2.96 bits per heavy atom. The summed E-state index contributed by atoms with van der Waals surface area (Å²) in [7, 11) is 1.50. The summed E-state index contributed by atoms with van der Waals surface area (Å²) >= 11 is 3.02. The standard InChI is InChI=1S/C15H14FN3O2S2/c1-21-8-19-12(15(17)20)7-9-10(16)4-5-11(14(9)19)18-23-13-3-2-6-22-13/h2-7,18H,8H2,1H3,(H2,17,20). The van der Waals surface area contributed by atoms with Gasteiger partial charge < -0.3 is 19.8 Å². The number of carbonyl (C=O) groups excluding carboxylic acids is 1. The van der Waals surface area contributed by atoms with Crippen LogP contribution in [-0.2, 0) is 11.5 Å². The molecule has 0 unspecified atom stereocenters. The maximum Gasteiger partial charge on any atom is 0.265 e. The lowest BCUT2D eigenvalue weighted by molar-refractivity contribution is 0.0961. The molecule has 0 aliphatic rings. The number of rotatable bonds is 6. The number of aromatic nitrogens is 1. The van der Waals surface area contributed by atoms with Crippen LogP contribution < -0.4 is 10.5 Å². The van der Waals surface area contributed by atoms with E-state index in [0.29, 0.717) is 16.6 Å². The number of amides is 1. The summed E-state index contributed by atoms with van der Waals surface area (Å²) in [6.07, 6.45) is 0. The monoisotopic (exact) mass is 351 g/mol. The molecule has 2 heterocycles. The molecule has 2 aromatic heterocycles. The summed E-state index contributed by atoms with van der Waals surface area (Å²) in [5, 5.41) is 2.30. The summed E-state index contributed by atoms with van der Waals surface area (Å²) in [6, 6.07) is 8.38. The second kappa shape index (κ2) is 6.61. The van der Waals surface area contributed by atoms with Gasteiger partial charge in [-0.3, -0.25) is 4.79 Å². The number of carbonyl (C=O) groups is 1. The first-order valence-corrected chi connectivity index (χ1v) is 8.38. The van der Waals surface area contributed by atoms with Crippen molar-refractivity contribution in [2.75, 3.05) is 11.8 Å². The molecule has 1 aromatic carbocycles. The fraction of sp³-hybridized carbons (Fsp3) is 0.133. The van der Waals surface area contributed by atoms with E-state index < -0.39 is 11.7 Å². The highest BCUT2D eigenvalue weighted by Gasteiger charge is 2.18. The number of benzene rings is 1. The van der Waals surface area contributed by atoms with Crippen molar-refractivity contribution < 1.29 is 13.9 Å². The van der Waals surface area contributed by atoms with Crippen LogP contribution in [0.1, 0.15) is 10.5 Å². The summed E-state index contributed by atoms with van der Waals surface area (Å²) in [4.78, 5) is 11.6. The van der Waals surface area contributed by atoms with E-state index in [0.717, 1.165) is 4.21 Å². The van der Waals surface area contributed by atoms with Crippen LogP contribution in [0.25, 0.3) is 10.9 Å². The Labute approximate surface area is 140 Å². The number of halogens is 1. The van der Waals surface area contributed by atoms with Gasteiger partial charge in [0.25, 0.3) is 5.91 Å². The number of nitrogens with two attached hydrogens (primary N) is 1. The summed E-state index contributed by atoms with van der Waals surface area (Å²) < 4.78 is 25.1. The van der Waals surface area contributed by atoms with Gasteiger partial charge in [0.15, 0.2) is 0 Å². The molecule has 0 bridgehead atoms. The van der Waals surface area contributed by atoms with Gasteiger partial charge in [0.05, 0.1) is 15.4 Å². The number of methoxy groups -OCH3 is 1. The fourth-order valence-electron chi connectivity index (χ4n) is 2.32. The Morgan fingerprint density at radius 2 is 2.30 bits per heavy atom. The first kappa shape index (κ1) is 15.9. The van der Waals surface area contributed by atoms with Gasteiger partial charge in [0.2, 0.25) is 0 Å². The zero-order valence-corrected chi connectivity index (χ0v) is 13.8. The van der Waals surface area contributed by atoms with Crippen molar-refractivity contribution in [3.8, 4) is 0 Å². The molecular weight excluding hydrogens is 337 g/mol. The van der Waals surface area contributed by atoms with Crippen LogP contribution in [0.5, 0.6) is 0 Å². The molecule has 0 radical (unpaired) electrons. The molecule has 23 heavy (non-hydrogen) atoms. The summed E-state index contributed by atoms with van der Waals surface area (Å²) in [5.41, 5.74) is 6.83. The third kappa shape index (κ3) is 3.05. The molecule has 0 aliphatic carbocycles. The molecule has 0 atom stereocenters. The smallest absolute Gasteiger partial charge is 0.265 e. The first-order chi connectivity index (χ1) is 11.1. The van der Waals surface area contributed by atoms with Crippen LogP contribution in [0.2, 0.25) is 0 Å². The lowest BCUT2D eigenvalue weighted by Crippen LogP contribution is -2.17. The number of ether oxygens (including phenoxy) is 1. The Hall–Kier alpha value is -2.03. The van der Waals surface area contributed by atoms with E-state index in [2.05, 4.69) is 4.72 Å². The van der Waals surface area contributed by atoms with Gasteiger partial charge >= 0.3 is 0 Å². The molecule has 8 heteroatoms. The van der Waals surface area contributed by atoms with Crippen LogP contribution in [-0.4, -0.2) is 17.6 Å². The van der Waals surface area contributed by atoms with Gasteiger partial charge in [-0.05, 0) is 41.6 Å². The minimum atomic E-state index is -0.630. The lowest BCUT2D eigenvalue weighted by atomic mass is 10.2. The molecule has 120 valence electrons. The maximum absolute atomic E-state index is 14.1. The number of primary amides is 1. The Morgan fingerprint density at radius 1 is 1.48 bits per heavy atom. The SMILES string of the molecule is COCn1c(C(N)=O)cc2c(F)ccc(NSc3cccs3)c21. The molecule has 0 saturated heterocycles. The Bertz CT molecular complexity index is 846. The minimum Gasteiger partial charge on any atom is -0.364 e. The predicted molar refractivity (Wildman–Crippen MR) is 91.2 cm³/mol. The van der Waals surface area contributed by atoms with Crippen LogP contribution in [0, 0.1) is 5.82 Å². The van der Waals surface area contributed by atoms with E-state index in [1.54, 1.807) is 22.0 Å². The highest BCUT2D eigenvalue weighted by atomic mass is 32.2. The van der Waals surface area contributed by atoms with E-state index in [-0.39, 0.29) is 12.4 Å². The summed E-state index contributed by atoms with van der Waals surface area (Å²) in [6.45, 7) is 0.101. The van der Waals surface area contributed by atoms with Crippen LogP contribution in [0.3, 0.4) is 0 Å². The normalized spacial score (nSPS) is 11.0. The highest BCUT2D eigenvalue weighted by molar-refractivity contribution is 8.02. The zero-order valence-electron chi connectivity index (χ0n) is 12.2. The number of fused-ring (bicyclic) bond motifs is 1. The molecule has 0 saturated carbocycles. The van der Waals surface area contributed by atoms with Gasteiger partial charge in [0.1, 0.15) is 18.2 Å². The number of nitrogens with zero attached hydrogens (tertiary/aromatic N) is 1. The topological polar surface area (TPSA) is 69.3 Å². The fourth-order valence-corrected chi connectivity index (χ4v) is 3.78. The lowest BCUT2D eigenvalue weighted by Gasteiger charge is -2.12. The molecule has 3 rings (SSSR count). The predicted octanol–water partition coefficient (Wildman–Crippen LogP) is 3.66. The van der Waals surface area contributed by atoms with Gasteiger partial charge in [-0.1, -0.05) is 6.07 Å². The second-order valence-corrected chi connectivity index (χ2v) is 6.79. The van der Waals surface area contributed by atoms with Crippen molar-refractivity contribution in [1.29, 1.82) is 0 Å². The van der Waals surface area contributed by atoms with E-state index in [1.807, 2.05) is 17.5 Å². The van der Waals surface area contributed by atoms with Crippen LogP contribution in [0.15, 0.2) is 39.9 Å². The van der Waals surface area contributed by atoms with Crippen molar-refractivity contribution >= 4 is 45.8 Å². The molecule has 3 N–H and O–H groups in total. The molecule has 3 aromatic rings. The maximum atomic E-state index is 14.1. The molecule has 0 aliphatic heterocycles. The van der Waals surface area contributed by atoms with Crippen molar-refractivity contribution in [2.24, 2.45) is 5.73 Å². The van der Waals surface area contributed by atoms with E-state index in [4.69, 9.17) is 10.5 Å².